The van der Waals surface area contributed by atoms with Gasteiger partial charge in [-0.1, -0.05) is 35.0 Å². The van der Waals surface area contributed by atoms with Gasteiger partial charge in [-0.2, -0.15) is 0 Å². The van der Waals surface area contributed by atoms with Crippen molar-refractivity contribution in [1.82, 2.24) is 15.0 Å². The van der Waals surface area contributed by atoms with E-state index in [4.69, 9.17) is 16.1 Å². The lowest BCUT2D eigenvalue weighted by Crippen LogP contribution is -2.49. The number of nitrogens with zero attached hydrogens (tertiary/aromatic N) is 5. The minimum Gasteiger partial charge on any atom is -0.360 e. The van der Waals surface area contributed by atoms with Crippen molar-refractivity contribution in [2.75, 3.05) is 31.1 Å². The Kier molecular flexibility index (Phi) is 5.83. The van der Waals surface area contributed by atoms with Gasteiger partial charge in [-0.05, 0) is 40.2 Å². The number of hydrogen-bond acceptors (Lipinski definition) is 7. The highest BCUT2D eigenvalue weighted by atomic mass is 79.9. The molecule has 1 aromatic carbocycles. The van der Waals surface area contributed by atoms with E-state index in [1.165, 1.54) is 6.20 Å². The second-order valence-corrected chi connectivity index (χ2v) is 8.07. The average molecular weight is 491 g/mol. The number of carbonyl (C=O) groups excluding carboxylic acids is 1. The maximum absolute atomic E-state index is 13.3. The van der Waals surface area contributed by atoms with Crippen LogP contribution < -0.4 is 4.90 Å². The van der Waals surface area contributed by atoms with Gasteiger partial charge in [0.1, 0.15) is 28.5 Å². The number of anilines is 1. The van der Waals surface area contributed by atoms with Crippen molar-refractivity contribution in [3.05, 3.63) is 62.3 Å². The van der Waals surface area contributed by atoms with E-state index >= 15 is 0 Å². The number of rotatable bonds is 4. The van der Waals surface area contributed by atoms with Crippen molar-refractivity contribution in [3.63, 3.8) is 0 Å². The molecule has 4 rings (SSSR count). The molecule has 2 aromatic heterocycles. The molecule has 0 bridgehead atoms. The first-order valence-corrected chi connectivity index (χ1v) is 10.4. The molecule has 3 aromatic rings. The molecule has 1 saturated heterocycles. The molecule has 1 aliphatic heterocycles. The molecule has 0 N–H and O–H groups in total. The van der Waals surface area contributed by atoms with E-state index in [0.29, 0.717) is 64.1 Å². The van der Waals surface area contributed by atoms with Crippen LogP contribution >= 0.6 is 27.5 Å². The van der Waals surface area contributed by atoms with Gasteiger partial charge >= 0.3 is 0 Å². The van der Waals surface area contributed by atoms with Crippen LogP contribution in [-0.4, -0.2) is 47.1 Å². The number of pyridine rings is 1. The summed E-state index contributed by atoms with van der Waals surface area (Å²) in [6.07, 6.45) is 1.43. The summed E-state index contributed by atoms with van der Waals surface area (Å²) >= 11 is 9.74. The molecule has 0 unspecified atom stereocenters. The Labute approximate surface area is 185 Å². The van der Waals surface area contributed by atoms with Crippen LogP contribution in [-0.2, 0) is 0 Å². The molecule has 3 heterocycles. The Balaban J connectivity index is 1.53. The summed E-state index contributed by atoms with van der Waals surface area (Å²) in [7, 11) is 0. The highest BCUT2D eigenvalue weighted by molar-refractivity contribution is 9.10. The standard InChI is InChI=1S/C20H17BrClN5O3/c1-12-17(18(25-30-12)14-4-2-3-5-16(14)22)20(28)27-8-6-26(7-9-27)19-15(21)10-13(24-29)11-23-19/h2-5,10-11H,6-9H2,1H3. The van der Waals surface area contributed by atoms with Crippen molar-refractivity contribution in [1.29, 1.82) is 0 Å². The van der Waals surface area contributed by atoms with E-state index in [1.54, 1.807) is 24.0 Å². The van der Waals surface area contributed by atoms with E-state index in [2.05, 4.69) is 36.1 Å². The molecule has 10 heteroatoms. The molecule has 30 heavy (non-hydrogen) atoms. The van der Waals surface area contributed by atoms with Gasteiger partial charge in [-0.15, -0.1) is 4.91 Å². The summed E-state index contributed by atoms with van der Waals surface area (Å²) in [5, 5.41) is 7.48. The fraction of sp³-hybridized carbons (Fsp3) is 0.250. The highest BCUT2D eigenvalue weighted by Crippen LogP contribution is 2.32. The highest BCUT2D eigenvalue weighted by Gasteiger charge is 2.30. The van der Waals surface area contributed by atoms with Crippen LogP contribution in [0.15, 0.2) is 50.7 Å². The van der Waals surface area contributed by atoms with Crippen LogP contribution in [0, 0.1) is 11.8 Å². The van der Waals surface area contributed by atoms with Crippen LogP contribution in [0.2, 0.25) is 5.02 Å². The fourth-order valence-electron chi connectivity index (χ4n) is 3.44. The third-order valence-corrected chi connectivity index (χ3v) is 5.90. The molecule has 0 radical (unpaired) electrons. The zero-order chi connectivity index (χ0) is 21.3. The van der Waals surface area contributed by atoms with E-state index in [0.717, 1.165) is 0 Å². The third kappa shape index (κ3) is 3.82. The molecule has 0 atom stereocenters. The zero-order valence-corrected chi connectivity index (χ0v) is 18.4. The summed E-state index contributed by atoms with van der Waals surface area (Å²) < 4.78 is 6.02. The quantitative estimate of drug-likeness (QED) is 0.487. The molecule has 1 amide bonds. The summed E-state index contributed by atoms with van der Waals surface area (Å²) in [5.41, 5.74) is 1.80. The molecule has 0 saturated carbocycles. The Morgan fingerprint density at radius 2 is 1.97 bits per heavy atom. The first-order chi connectivity index (χ1) is 14.5. The molecular formula is C20H17BrClN5O3. The zero-order valence-electron chi connectivity index (χ0n) is 16.0. The van der Waals surface area contributed by atoms with Crippen LogP contribution in [0.4, 0.5) is 11.5 Å². The maximum atomic E-state index is 13.3. The molecule has 8 nitrogen and oxygen atoms in total. The summed E-state index contributed by atoms with van der Waals surface area (Å²) in [6, 6.07) is 8.86. The van der Waals surface area contributed by atoms with E-state index in [9.17, 15) is 9.70 Å². The van der Waals surface area contributed by atoms with Gasteiger partial charge < -0.3 is 14.3 Å². The van der Waals surface area contributed by atoms with Crippen molar-refractivity contribution >= 4 is 44.9 Å². The van der Waals surface area contributed by atoms with Gasteiger partial charge in [0.2, 0.25) is 0 Å². The molecule has 154 valence electrons. The maximum Gasteiger partial charge on any atom is 0.259 e. The number of aryl methyl sites for hydroxylation is 1. The minimum atomic E-state index is -0.143. The number of hydrogen-bond donors (Lipinski definition) is 0. The number of nitroso groups, excluding NO2 is 1. The van der Waals surface area contributed by atoms with Crippen molar-refractivity contribution < 1.29 is 9.32 Å². The number of carbonyl (C=O) groups is 1. The Morgan fingerprint density at radius 3 is 2.63 bits per heavy atom. The second-order valence-electron chi connectivity index (χ2n) is 6.81. The predicted octanol–water partition coefficient (Wildman–Crippen LogP) is 4.82. The van der Waals surface area contributed by atoms with Crippen LogP contribution in [0.25, 0.3) is 11.3 Å². The molecular weight excluding hydrogens is 474 g/mol. The first-order valence-electron chi connectivity index (χ1n) is 9.24. The molecule has 1 fully saturated rings. The van der Waals surface area contributed by atoms with Crippen LogP contribution in [0.1, 0.15) is 16.1 Å². The summed E-state index contributed by atoms with van der Waals surface area (Å²) in [5.74, 6) is 1.03. The van der Waals surface area contributed by atoms with Gasteiger partial charge in [-0.3, -0.25) is 4.79 Å². The number of benzene rings is 1. The largest absolute Gasteiger partial charge is 0.360 e. The smallest absolute Gasteiger partial charge is 0.259 e. The van der Waals surface area contributed by atoms with Gasteiger partial charge in [0, 0.05) is 31.7 Å². The third-order valence-electron chi connectivity index (χ3n) is 4.98. The predicted molar refractivity (Wildman–Crippen MR) is 117 cm³/mol. The van der Waals surface area contributed by atoms with Crippen molar-refractivity contribution in [2.24, 2.45) is 5.18 Å². The van der Waals surface area contributed by atoms with E-state index < -0.39 is 0 Å². The van der Waals surface area contributed by atoms with E-state index in [-0.39, 0.29) is 11.6 Å². The van der Waals surface area contributed by atoms with Crippen molar-refractivity contribution in [3.8, 4) is 11.3 Å². The minimum absolute atomic E-state index is 0.143. The van der Waals surface area contributed by atoms with Gasteiger partial charge in [0.05, 0.1) is 15.7 Å². The lowest BCUT2D eigenvalue weighted by molar-refractivity contribution is 0.0745. The van der Waals surface area contributed by atoms with Crippen LogP contribution in [0.3, 0.4) is 0 Å². The normalized spacial score (nSPS) is 14.1. The van der Waals surface area contributed by atoms with Crippen molar-refractivity contribution in [2.45, 2.75) is 6.92 Å². The Hall–Kier alpha value is -2.78. The van der Waals surface area contributed by atoms with Gasteiger partial charge in [0.25, 0.3) is 5.91 Å². The van der Waals surface area contributed by atoms with E-state index in [1.807, 2.05) is 18.2 Å². The first kappa shape index (κ1) is 20.5. The topological polar surface area (TPSA) is 91.9 Å². The second kappa shape index (κ2) is 8.53. The molecule has 1 aliphatic rings. The summed E-state index contributed by atoms with van der Waals surface area (Å²) in [4.78, 5) is 32.1. The molecule has 0 aliphatic carbocycles. The number of aromatic nitrogens is 2. The van der Waals surface area contributed by atoms with Gasteiger partial charge in [0.15, 0.2) is 0 Å². The number of piperazine rings is 1. The summed E-state index contributed by atoms with van der Waals surface area (Å²) in [6.45, 7) is 3.93. The Morgan fingerprint density at radius 1 is 1.23 bits per heavy atom. The number of halogens is 2. The lowest BCUT2D eigenvalue weighted by atomic mass is 10.0. The SMILES string of the molecule is Cc1onc(-c2ccccc2Cl)c1C(=O)N1CCN(c2ncc(N=O)cc2Br)CC1. The average Bonchev–Trinajstić information content (AvgIpc) is 3.14. The number of amides is 1. The molecule has 0 spiro atoms. The van der Waals surface area contributed by atoms with Crippen LogP contribution in [0.5, 0.6) is 0 Å². The monoisotopic (exact) mass is 489 g/mol. The Bertz CT molecular complexity index is 1110. The lowest BCUT2D eigenvalue weighted by Gasteiger charge is -2.35. The fourth-order valence-corrected chi connectivity index (χ4v) is 4.26. The van der Waals surface area contributed by atoms with Gasteiger partial charge in [-0.25, -0.2) is 4.98 Å².